The van der Waals surface area contributed by atoms with Crippen molar-refractivity contribution in [1.82, 2.24) is 14.3 Å². The summed E-state index contributed by atoms with van der Waals surface area (Å²) in [5.41, 5.74) is 1.28. The molecule has 4 rings (SSSR count). The number of carbonyl (C=O) groups is 1. The predicted octanol–water partition coefficient (Wildman–Crippen LogP) is 3.63. The number of sulfonamides is 1. The zero-order valence-corrected chi connectivity index (χ0v) is 17.2. The van der Waals surface area contributed by atoms with Crippen molar-refractivity contribution in [2.24, 2.45) is 0 Å². The number of aromatic nitrogens is 2. The Hall–Kier alpha value is -2.62. The van der Waals surface area contributed by atoms with Crippen LogP contribution in [0.5, 0.6) is 0 Å². The summed E-state index contributed by atoms with van der Waals surface area (Å²) in [4.78, 5) is 21.5. The van der Waals surface area contributed by atoms with Gasteiger partial charge in [0.2, 0.25) is 10.0 Å². The van der Waals surface area contributed by atoms with Gasteiger partial charge in [-0.2, -0.15) is 4.31 Å². The maximum Gasteiger partial charge on any atom is 0.267 e. The van der Waals surface area contributed by atoms with Gasteiger partial charge in [0, 0.05) is 18.7 Å². The Labute approximate surface area is 173 Å². The SMILES string of the molecule is O=C(Nc1cnc(-c2ccccc2)nc1)c1sccc1S(=O)(=O)N1CCCCC1. The molecular weight excluding hydrogens is 408 g/mol. The molecule has 150 valence electrons. The van der Waals surface area contributed by atoms with Crippen molar-refractivity contribution in [1.29, 1.82) is 0 Å². The summed E-state index contributed by atoms with van der Waals surface area (Å²) in [5, 5.41) is 4.33. The molecule has 0 bridgehead atoms. The van der Waals surface area contributed by atoms with E-state index in [0.717, 1.165) is 36.2 Å². The van der Waals surface area contributed by atoms with E-state index in [1.165, 1.54) is 22.8 Å². The standard InChI is InChI=1S/C20H20N4O3S2/c25-20(23-16-13-21-19(22-14-16)15-7-3-1-4-8-15)18-17(9-12-28-18)29(26,27)24-10-5-2-6-11-24/h1,3-4,7-9,12-14H,2,5-6,10-11H2,(H,23,25). The summed E-state index contributed by atoms with van der Waals surface area (Å²) in [5.74, 6) is 0.0692. The first-order chi connectivity index (χ1) is 14.1. The topological polar surface area (TPSA) is 92.3 Å². The minimum absolute atomic E-state index is 0.0590. The fraction of sp³-hybridized carbons (Fsp3) is 0.250. The Kier molecular flexibility index (Phi) is 5.70. The van der Waals surface area contributed by atoms with Crippen LogP contribution in [0, 0.1) is 0 Å². The van der Waals surface area contributed by atoms with Crippen molar-refractivity contribution in [3.63, 3.8) is 0 Å². The van der Waals surface area contributed by atoms with E-state index in [0.29, 0.717) is 24.6 Å². The van der Waals surface area contributed by atoms with Crippen LogP contribution in [0.2, 0.25) is 0 Å². The molecule has 1 aliphatic heterocycles. The number of benzene rings is 1. The maximum absolute atomic E-state index is 13.0. The Balaban J connectivity index is 1.52. The van der Waals surface area contributed by atoms with Crippen molar-refractivity contribution >= 4 is 33.0 Å². The molecule has 0 radical (unpaired) electrons. The number of anilines is 1. The van der Waals surface area contributed by atoms with E-state index in [-0.39, 0.29) is 9.77 Å². The number of hydrogen-bond donors (Lipinski definition) is 1. The molecule has 2 aromatic heterocycles. The van der Waals surface area contributed by atoms with Crippen molar-refractivity contribution in [2.45, 2.75) is 24.2 Å². The van der Waals surface area contributed by atoms with Crippen LogP contribution >= 0.6 is 11.3 Å². The number of carbonyl (C=O) groups excluding carboxylic acids is 1. The fourth-order valence-electron chi connectivity index (χ4n) is 3.23. The van der Waals surface area contributed by atoms with Gasteiger partial charge >= 0.3 is 0 Å². The highest BCUT2D eigenvalue weighted by molar-refractivity contribution is 7.89. The lowest BCUT2D eigenvalue weighted by molar-refractivity contribution is 0.102. The first-order valence-corrected chi connectivity index (χ1v) is 11.6. The third-order valence-electron chi connectivity index (χ3n) is 4.71. The second-order valence-electron chi connectivity index (χ2n) is 6.69. The Morgan fingerprint density at radius 1 is 1.00 bits per heavy atom. The van der Waals surface area contributed by atoms with Crippen LogP contribution < -0.4 is 5.32 Å². The van der Waals surface area contributed by atoms with E-state index in [4.69, 9.17) is 0 Å². The smallest absolute Gasteiger partial charge is 0.267 e. The number of amides is 1. The first kappa shape index (κ1) is 19.7. The molecule has 29 heavy (non-hydrogen) atoms. The molecule has 3 aromatic rings. The maximum atomic E-state index is 13.0. The van der Waals surface area contributed by atoms with E-state index in [1.54, 1.807) is 5.38 Å². The van der Waals surface area contributed by atoms with E-state index in [2.05, 4.69) is 15.3 Å². The second-order valence-corrected chi connectivity index (χ2v) is 9.52. The van der Waals surface area contributed by atoms with Gasteiger partial charge < -0.3 is 5.32 Å². The van der Waals surface area contributed by atoms with Gasteiger partial charge in [-0.3, -0.25) is 4.79 Å². The summed E-state index contributed by atoms with van der Waals surface area (Å²) < 4.78 is 27.4. The molecule has 1 amide bonds. The number of nitrogens with zero attached hydrogens (tertiary/aromatic N) is 3. The molecule has 1 N–H and O–H groups in total. The Morgan fingerprint density at radius 2 is 1.69 bits per heavy atom. The van der Waals surface area contributed by atoms with Crippen LogP contribution in [-0.2, 0) is 10.0 Å². The summed E-state index contributed by atoms with van der Waals surface area (Å²) in [6.07, 6.45) is 5.74. The van der Waals surface area contributed by atoms with Crippen molar-refractivity contribution in [3.8, 4) is 11.4 Å². The van der Waals surface area contributed by atoms with E-state index in [1.807, 2.05) is 30.3 Å². The molecule has 0 spiro atoms. The quantitative estimate of drug-likeness (QED) is 0.670. The van der Waals surface area contributed by atoms with Crippen LogP contribution in [0.25, 0.3) is 11.4 Å². The largest absolute Gasteiger partial charge is 0.319 e. The molecule has 3 heterocycles. The van der Waals surface area contributed by atoms with Gasteiger partial charge in [0.25, 0.3) is 5.91 Å². The van der Waals surface area contributed by atoms with E-state index in [9.17, 15) is 13.2 Å². The van der Waals surface area contributed by atoms with Gasteiger partial charge in [-0.15, -0.1) is 11.3 Å². The molecule has 1 aliphatic rings. The van der Waals surface area contributed by atoms with Crippen molar-refractivity contribution < 1.29 is 13.2 Å². The molecule has 0 saturated carbocycles. The number of piperidine rings is 1. The second kappa shape index (κ2) is 8.40. The molecule has 9 heteroatoms. The summed E-state index contributed by atoms with van der Waals surface area (Å²) in [6, 6.07) is 11.0. The van der Waals surface area contributed by atoms with E-state index >= 15 is 0 Å². The normalized spacial score (nSPS) is 15.2. The van der Waals surface area contributed by atoms with Gasteiger partial charge in [-0.1, -0.05) is 36.8 Å². The van der Waals surface area contributed by atoms with Crippen LogP contribution in [0.3, 0.4) is 0 Å². The molecule has 1 saturated heterocycles. The van der Waals surface area contributed by atoms with Crippen molar-refractivity contribution in [2.75, 3.05) is 18.4 Å². The van der Waals surface area contributed by atoms with Gasteiger partial charge in [0.1, 0.15) is 9.77 Å². The van der Waals surface area contributed by atoms with Crippen LogP contribution in [-0.4, -0.2) is 41.7 Å². The van der Waals surface area contributed by atoms with Gasteiger partial charge in [0.15, 0.2) is 5.82 Å². The minimum Gasteiger partial charge on any atom is -0.319 e. The zero-order valence-electron chi connectivity index (χ0n) is 15.6. The number of hydrogen-bond acceptors (Lipinski definition) is 6. The summed E-state index contributed by atoms with van der Waals surface area (Å²) >= 11 is 1.11. The average molecular weight is 429 g/mol. The van der Waals surface area contributed by atoms with Gasteiger partial charge in [-0.05, 0) is 24.3 Å². The Morgan fingerprint density at radius 3 is 2.38 bits per heavy atom. The van der Waals surface area contributed by atoms with Crippen LogP contribution in [0.4, 0.5) is 5.69 Å². The van der Waals surface area contributed by atoms with Crippen LogP contribution in [0.1, 0.15) is 28.9 Å². The van der Waals surface area contributed by atoms with E-state index < -0.39 is 15.9 Å². The molecule has 7 nitrogen and oxygen atoms in total. The highest BCUT2D eigenvalue weighted by Gasteiger charge is 2.31. The van der Waals surface area contributed by atoms with Crippen LogP contribution in [0.15, 0.2) is 59.1 Å². The predicted molar refractivity (Wildman–Crippen MR) is 112 cm³/mol. The van der Waals surface area contributed by atoms with Gasteiger partial charge in [-0.25, -0.2) is 18.4 Å². The number of nitrogens with one attached hydrogen (secondary N) is 1. The van der Waals surface area contributed by atoms with Crippen molar-refractivity contribution in [3.05, 3.63) is 59.0 Å². The highest BCUT2D eigenvalue weighted by atomic mass is 32.2. The first-order valence-electron chi connectivity index (χ1n) is 9.32. The summed E-state index contributed by atoms with van der Waals surface area (Å²) in [6.45, 7) is 0.988. The lowest BCUT2D eigenvalue weighted by atomic mass is 10.2. The molecule has 0 unspecified atom stereocenters. The molecular formula is C20H20N4O3S2. The third-order valence-corrected chi connectivity index (χ3v) is 7.69. The Bertz CT molecular complexity index is 1090. The third kappa shape index (κ3) is 4.21. The average Bonchev–Trinajstić information content (AvgIpc) is 3.27. The highest BCUT2D eigenvalue weighted by Crippen LogP contribution is 2.28. The molecule has 1 aromatic carbocycles. The number of rotatable bonds is 5. The summed E-state index contributed by atoms with van der Waals surface area (Å²) in [7, 11) is -3.68. The monoisotopic (exact) mass is 428 g/mol. The number of thiophene rings is 1. The molecule has 0 aliphatic carbocycles. The molecule has 0 atom stereocenters. The lowest BCUT2D eigenvalue weighted by Gasteiger charge is -2.25. The van der Waals surface area contributed by atoms with Gasteiger partial charge in [0.05, 0.1) is 18.1 Å². The zero-order chi connectivity index (χ0) is 20.3. The lowest BCUT2D eigenvalue weighted by Crippen LogP contribution is -2.36. The molecule has 1 fully saturated rings. The minimum atomic E-state index is -3.68. The fourth-order valence-corrected chi connectivity index (χ4v) is 6.04.